The van der Waals surface area contributed by atoms with Gasteiger partial charge in [-0.3, -0.25) is 4.98 Å². The predicted octanol–water partition coefficient (Wildman–Crippen LogP) is 3.80. The molecule has 0 unspecified atom stereocenters. The molecule has 4 aromatic rings. The van der Waals surface area contributed by atoms with E-state index in [1.807, 2.05) is 49.4 Å². The number of para-hydroxylation sites is 1. The maximum absolute atomic E-state index is 6.26. The normalized spacial score (nSPS) is 10.7. The molecule has 0 aliphatic carbocycles. The molecule has 0 amide bonds. The molecule has 0 radical (unpaired) electrons. The van der Waals surface area contributed by atoms with Crippen LogP contribution in [0.4, 0.5) is 28.8 Å². The first kappa shape index (κ1) is 15.8. The second kappa shape index (κ2) is 6.64. The molecule has 0 spiro atoms. The van der Waals surface area contributed by atoms with Gasteiger partial charge in [0.25, 0.3) is 0 Å². The van der Waals surface area contributed by atoms with Crippen LogP contribution in [0.5, 0.6) is 0 Å². The maximum atomic E-state index is 6.26. The Morgan fingerprint density at radius 3 is 2.50 bits per heavy atom. The van der Waals surface area contributed by atoms with Crippen molar-refractivity contribution in [3.05, 3.63) is 66.7 Å². The number of nitrogen functional groups attached to an aromatic ring is 1. The Hall–Kier alpha value is -3.74. The fourth-order valence-corrected chi connectivity index (χ4v) is 2.65. The number of pyridine rings is 2. The van der Waals surface area contributed by atoms with Crippen LogP contribution < -0.4 is 16.4 Å². The zero-order chi connectivity index (χ0) is 17.9. The molecule has 0 saturated carbocycles. The summed E-state index contributed by atoms with van der Waals surface area (Å²) in [6.07, 6.45) is 4.94. The van der Waals surface area contributed by atoms with Crippen molar-refractivity contribution in [2.24, 2.45) is 0 Å². The zero-order valence-electron chi connectivity index (χ0n) is 14.1. The number of benzene rings is 1. The molecule has 3 heterocycles. The van der Waals surface area contributed by atoms with Crippen molar-refractivity contribution in [2.45, 2.75) is 6.92 Å². The number of anilines is 5. The minimum Gasteiger partial charge on any atom is -0.393 e. The van der Waals surface area contributed by atoms with Gasteiger partial charge < -0.3 is 16.4 Å². The first-order chi connectivity index (χ1) is 12.7. The van der Waals surface area contributed by atoms with Crippen LogP contribution in [0.3, 0.4) is 0 Å². The molecule has 0 fully saturated rings. The second-order valence-corrected chi connectivity index (χ2v) is 5.83. The number of aromatic nitrogens is 4. The molecule has 26 heavy (non-hydrogen) atoms. The van der Waals surface area contributed by atoms with Crippen LogP contribution in [0.25, 0.3) is 10.9 Å². The number of rotatable bonds is 4. The Bertz CT molecular complexity index is 1070. The second-order valence-electron chi connectivity index (χ2n) is 5.83. The SMILES string of the molecule is Cc1ccnc(Nc2ncnc(Nc3cccc4cccnc34)c2N)c1. The van der Waals surface area contributed by atoms with Crippen LogP contribution in [0.1, 0.15) is 5.56 Å². The molecule has 1 aromatic carbocycles. The summed E-state index contributed by atoms with van der Waals surface area (Å²) in [5.74, 6) is 1.68. The van der Waals surface area contributed by atoms with Gasteiger partial charge in [-0.25, -0.2) is 15.0 Å². The summed E-state index contributed by atoms with van der Waals surface area (Å²) in [6, 6.07) is 13.7. The minimum absolute atomic E-state index is 0.406. The topological polar surface area (TPSA) is 102 Å². The van der Waals surface area contributed by atoms with Crippen LogP contribution in [0.2, 0.25) is 0 Å². The van der Waals surface area contributed by atoms with Crippen molar-refractivity contribution in [3.63, 3.8) is 0 Å². The number of nitrogens with zero attached hydrogens (tertiary/aromatic N) is 4. The third kappa shape index (κ3) is 3.10. The van der Waals surface area contributed by atoms with E-state index in [-0.39, 0.29) is 0 Å². The average molecular weight is 343 g/mol. The Balaban J connectivity index is 1.67. The summed E-state index contributed by atoms with van der Waals surface area (Å²) in [5, 5.41) is 7.42. The molecule has 4 N–H and O–H groups in total. The summed E-state index contributed by atoms with van der Waals surface area (Å²) in [4.78, 5) is 17.2. The van der Waals surface area contributed by atoms with E-state index in [1.54, 1.807) is 12.4 Å². The van der Waals surface area contributed by atoms with Crippen molar-refractivity contribution in [1.82, 2.24) is 19.9 Å². The van der Waals surface area contributed by atoms with Gasteiger partial charge in [0, 0.05) is 17.8 Å². The minimum atomic E-state index is 0.406. The van der Waals surface area contributed by atoms with E-state index >= 15 is 0 Å². The van der Waals surface area contributed by atoms with E-state index in [1.165, 1.54) is 6.33 Å². The number of aryl methyl sites for hydroxylation is 1. The van der Waals surface area contributed by atoms with E-state index in [4.69, 9.17) is 5.73 Å². The quantitative estimate of drug-likeness (QED) is 0.518. The number of fused-ring (bicyclic) bond motifs is 1. The number of hydrogen-bond donors (Lipinski definition) is 3. The van der Waals surface area contributed by atoms with Crippen molar-refractivity contribution in [2.75, 3.05) is 16.4 Å². The highest BCUT2D eigenvalue weighted by Gasteiger charge is 2.11. The Morgan fingerprint density at radius 2 is 1.65 bits per heavy atom. The lowest BCUT2D eigenvalue weighted by Crippen LogP contribution is -2.06. The van der Waals surface area contributed by atoms with Crippen molar-refractivity contribution >= 4 is 39.7 Å². The summed E-state index contributed by atoms with van der Waals surface area (Å²) in [5.41, 5.74) is 9.44. The van der Waals surface area contributed by atoms with Gasteiger partial charge in [-0.15, -0.1) is 0 Å². The maximum Gasteiger partial charge on any atom is 0.160 e. The summed E-state index contributed by atoms with van der Waals surface area (Å²) >= 11 is 0. The van der Waals surface area contributed by atoms with E-state index in [2.05, 4.69) is 30.6 Å². The Kier molecular flexibility index (Phi) is 4.03. The highest BCUT2D eigenvalue weighted by molar-refractivity contribution is 5.93. The fourth-order valence-electron chi connectivity index (χ4n) is 2.65. The molecule has 0 saturated heterocycles. The van der Waals surface area contributed by atoms with Gasteiger partial charge in [0.15, 0.2) is 11.6 Å². The molecule has 7 heteroatoms. The lowest BCUT2D eigenvalue weighted by molar-refractivity contribution is 1.16. The van der Waals surface area contributed by atoms with Crippen LogP contribution in [0.15, 0.2) is 61.2 Å². The van der Waals surface area contributed by atoms with Crippen LogP contribution in [-0.4, -0.2) is 19.9 Å². The smallest absolute Gasteiger partial charge is 0.160 e. The first-order valence-electron chi connectivity index (χ1n) is 8.11. The molecule has 0 atom stereocenters. The third-order valence-electron chi connectivity index (χ3n) is 3.93. The van der Waals surface area contributed by atoms with Crippen molar-refractivity contribution in [3.8, 4) is 0 Å². The van der Waals surface area contributed by atoms with Crippen LogP contribution in [-0.2, 0) is 0 Å². The molecule has 0 aliphatic heterocycles. The summed E-state index contributed by atoms with van der Waals surface area (Å²) in [6.45, 7) is 2.00. The summed E-state index contributed by atoms with van der Waals surface area (Å²) < 4.78 is 0. The van der Waals surface area contributed by atoms with Gasteiger partial charge in [0.2, 0.25) is 0 Å². The molecular formula is C19H17N7. The van der Waals surface area contributed by atoms with Crippen LogP contribution in [0, 0.1) is 6.92 Å². The van der Waals surface area contributed by atoms with Gasteiger partial charge in [-0.2, -0.15) is 0 Å². The van der Waals surface area contributed by atoms with Crippen molar-refractivity contribution < 1.29 is 0 Å². The van der Waals surface area contributed by atoms with E-state index in [0.717, 1.165) is 22.2 Å². The highest BCUT2D eigenvalue weighted by Crippen LogP contribution is 2.30. The third-order valence-corrected chi connectivity index (χ3v) is 3.93. The van der Waals surface area contributed by atoms with Gasteiger partial charge in [0.1, 0.15) is 17.8 Å². The average Bonchev–Trinajstić information content (AvgIpc) is 2.65. The Morgan fingerprint density at radius 1 is 0.846 bits per heavy atom. The van der Waals surface area contributed by atoms with Crippen molar-refractivity contribution in [1.29, 1.82) is 0 Å². The molecule has 3 aromatic heterocycles. The van der Waals surface area contributed by atoms with E-state index in [9.17, 15) is 0 Å². The van der Waals surface area contributed by atoms with Gasteiger partial charge in [-0.1, -0.05) is 18.2 Å². The van der Waals surface area contributed by atoms with Gasteiger partial charge >= 0.3 is 0 Å². The lowest BCUT2D eigenvalue weighted by Gasteiger charge is -2.13. The first-order valence-corrected chi connectivity index (χ1v) is 8.11. The predicted molar refractivity (Wildman–Crippen MR) is 104 cm³/mol. The monoisotopic (exact) mass is 343 g/mol. The van der Waals surface area contributed by atoms with Crippen LogP contribution >= 0.6 is 0 Å². The van der Waals surface area contributed by atoms with Gasteiger partial charge in [-0.05, 0) is 36.8 Å². The number of nitrogens with one attached hydrogen (secondary N) is 2. The molecule has 7 nitrogen and oxygen atoms in total. The summed E-state index contributed by atoms with van der Waals surface area (Å²) in [7, 11) is 0. The van der Waals surface area contributed by atoms with E-state index in [0.29, 0.717) is 23.1 Å². The standard InChI is InChI=1S/C19H17N7/c1-12-7-9-21-15(10-12)26-19-16(20)18(23-11-24-19)25-14-6-2-4-13-5-3-8-22-17(13)14/h2-11H,20H2,1H3,(H2,21,23,24,25,26). The zero-order valence-corrected chi connectivity index (χ0v) is 14.1. The Labute approximate surface area is 150 Å². The molecule has 4 rings (SSSR count). The molecular weight excluding hydrogens is 326 g/mol. The number of nitrogens with two attached hydrogens (primary N) is 1. The van der Waals surface area contributed by atoms with E-state index < -0.39 is 0 Å². The highest BCUT2D eigenvalue weighted by atomic mass is 15.1. The molecule has 128 valence electrons. The number of hydrogen-bond acceptors (Lipinski definition) is 7. The van der Waals surface area contributed by atoms with Gasteiger partial charge in [0.05, 0.1) is 11.2 Å². The fraction of sp³-hybridized carbons (Fsp3) is 0.0526. The molecule has 0 bridgehead atoms. The largest absolute Gasteiger partial charge is 0.393 e. The lowest BCUT2D eigenvalue weighted by atomic mass is 10.2. The molecule has 0 aliphatic rings.